The SMILES string of the molecule is CC(C)CN(CCC(N)=NO)CC1CCOCC1. The van der Waals surface area contributed by atoms with Gasteiger partial charge in [0.15, 0.2) is 0 Å². The quantitative estimate of drug-likeness (QED) is 0.314. The van der Waals surface area contributed by atoms with Crippen molar-refractivity contribution in [1.29, 1.82) is 0 Å². The second-order valence-corrected chi connectivity index (χ2v) is 5.55. The smallest absolute Gasteiger partial charge is 0.140 e. The molecule has 106 valence electrons. The molecule has 0 bridgehead atoms. The molecular weight excluding hydrogens is 230 g/mol. The van der Waals surface area contributed by atoms with Gasteiger partial charge >= 0.3 is 0 Å². The number of oxime groups is 1. The molecule has 0 spiro atoms. The van der Waals surface area contributed by atoms with Crippen LogP contribution in [0.3, 0.4) is 0 Å². The first kappa shape index (κ1) is 15.2. The fourth-order valence-corrected chi connectivity index (χ4v) is 2.39. The van der Waals surface area contributed by atoms with Gasteiger partial charge in [0.25, 0.3) is 0 Å². The Hall–Kier alpha value is -0.810. The van der Waals surface area contributed by atoms with Crippen molar-refractivity contribution in [1.82, 2.24) is 4.90 Å². The maximum Gasteiger partial charge on any atom is 0.140 e. The molecule has 0 radical (unpaired) electrons. The minimum Gasteiger partial charge on any atom is -0.409 e. The molecule has 0 aliphatic carbocycles. The molecule has 0 aromatic carbocycles. The molecular formula is C13H27N3O2. The van der Waals surface area contributed by atoms with Crippen LogP contribution in [0.1, 0.15) is 33.1 Å². The molecule has 1 aliphatic heterocycles. The normalized spacial score (nSPS) is 18.8. The van der Waals surface area contributed by atoms with Crippen LogP contribution >= 0.6 is 0 Å². The van der Waals surface area contributed by atoms with Crippen molar-refractivity contribution in [3.05, 3.63) is 0 Å². The van der Waals surface area contributed by atoms with E-state index in [-0.39, 0.29) is 0 Å². The van der Waals surface area contributed by atoms with E-state index in [0.29, 0.717) is 18.2 Å². The number of hydrogen-bond donors (Lipinski definition) is 2. The molecule has 0 amide bonds. The molecule has 1 fully saturated rings. The number of ether oxygens (including phenoxy) is 1. The monoisotopic (exact) mass is 257 g/mol. The third-order valence-electron chi connectivity index (χ3n) is 3.29. The van der Waals surface area contributed by atoms with E-state index in [1.807, 2.05) is 0 Å². The molecule has 0 saturated carbocycles. The van der Waals surface area contributed by atoms with Crippen LogP contribution in [0.5, 0.6) is 0 Å². The average Bonchev–Trinajstić information content (AvgIpc) is 2.36. The average molecular weight is 257 g/mol. The van der Waals surface area contributed by atoms with Crippen molar-refractivity contribution >= 4 is 5.84 Å². The van der Waals surface area contributed by atoms with Crippen molar-refractivity contribution in [3.8, 4) is 0 Å². The summed E-state index contributed by atoms with van der Waals surface area (Å²) in [6, 6.07) is 0. The molecule has 5 nitrogen and oxygen atoms in total. The first-order valence-corrected chi connectivity index (χ1v) is 6.88. The fourth-order valence-electron chi connectivity index (χ4n) is 2.39. The maximum atomic E-state index is 8.58. The van der Waals surface area contributed by atoms with Gasteiger partial charge in [0.2, 0.25) is 0 Å². The Bertz CT molecular complexity index is 251. The van der Waals surface area contributed by atoms with Gasteiger partial charge in [0.1, 0.15) is 5.84 Å². The second-order valence-electron chi connectivity index (χ2n) is 5.55. The van der Waals surface area contributed by atoms with Gasteiger partial charge in [0, 0.05) is 39.3 Å². The molecule has 0 aromatic heterocycles. The Morgan fingerprint density at radius 1 is 1.44 bits per heavy atom. The van der Waals surface area contributed by atoms with E-state index in [2.05, 4.69) is 23.9 Å². The predicted octanol–water partition coefficient (Wildman–Crippen LogP) is 1.51. The fraction of sp³-hybridized carbons (Fsp3) is 0.923. The molecule has 1 heterocycles. The summed E-state index contributed by atoms with van der Waals surface area (Å²) in [6.07, 6.45) is 2.93. The van der Waals surface area contributed by atoms with E-state index in [1.165, 1.54) is 0 Å². The molecule has 0 aromatic rings. The summed E-state index contributed by atoms with van der Waals surface area (Å²) in [6.45, 7) is 9.25. The number of hydrogen-bond acceptors (Lipinski definition) is 4. The molecule has 1 saturated heterocycles. The minimum absolute atomic E-state index is 0.315. The predicted molar refractivity (Wildman–Crippen MR) is 72.8 cm³/mol. The largest absolute Gasteiger partial charge is 0.409 e. The zero-order valence-electron chi connectivity index (χ0n) is 11.6. The van der Waals surface area contributed by atoms with Crippen molar-refractivity contribution in [2.24, 2.45) is 22.7 Å². The van der Waals surface area contributed by atoms with Gasteiger partial charge in [-0.1, -0.05) is 19.0 Å². The van der Waals surface area contributed by atoms with E-state index in [0.717, 1.165) is 51.6 Å². The van der Waals surface area contributed by atoms with Crippen molar-refractivity contribution < 1.29 is 9.94 Å². The highest BCUT2D eigenvalue weighted by Crippen LogP contribution is 2.17. The summed E-state index contributed by atoms with van der Waals surface area (Å²) < 4.78 is 5.39. The van der Waals surface area contributed by atoms with E-state index in [9.17, 15) is 0 Å². The third-order valence-corrected chi connectivity index (χ3v) is 3.29. The Kier molecular flexibility index (Phi) is 7.05. The Morgan fingerprint density at radius 3 is 2.67 bits per heavy atom. The maximum absolute atomic E-state index is 8.58. The first-order valence-electron chi connectivity index (χ1n) is 6.88. The summed E-state index contributed by atoms with van der Waals surface area (Å²) in [5.41, 5.74) is 5.54. The molecule has 18 heavy (non-hydrogen) atoms. The standard InChI is InChI=1S/C13H27N3O2/c1-11(2)9-16(6-3-13(14)15-17)10-12-4-7-18-8-5-12/h11-12,17H,3-10H2,1-2H3,(H2,14,15). The lowest BCUT2D eigenvalue weighted by molar-refractivity contribution is 0.0512. The minimum atomic E-state index is 0.315. The van der Waals surface area contributed by atoms with E-state index >= 15 is 0 Å². The molecule has 0 atom stereocenters. The molecule has 3 N–H and O–H groups in total. The zero-order valence-corrected chi connectivity index (χ0v) is 11.6. The van der Waals surface area contributed by atoms with Gasteiger partial charge in [-0.05, 0) is 24.7 Å². The topological polar surface area (TPSA) is 71.1 Å². The summed E-state index contributed by atoms with van der Waals surface area (Å²) in [5, 5.41) is 11.6. The molecule has 0 unspecified atom stereocenters. The number of rotatable bonds is 7. The van der Waals surface area contributed by atoms with Crippen LogP contribution in [0.2, 0.25) is 0 Å². The van der Waals surface area contributed by atoms with Crippen molar-refractivity contribution in [2.45, 2.75) is 33.1 Å². The Labute approximate surface area is 110 Å². The summed E-state index contributed by atoms with van der Waals surface area (Å²) >= 11 is 0. The lowest BCUT2D eigenvalue weighted by atomic mass is 9.99. The lowest BCUT2D eigenvalue weighted by Crippen LogP contribution is -2.37. The van der Waals surface area contributed by atoms with E-state index in [4.69, 9.17) is 15.7 Å². The van der Waals surface area contributed by atoms with Gasteiger partial charge < -0.3 is 20.6 Å². The highest BCUT2D eigenvalue weighted by molar-refractivity contribution is 5.79. The summed E-state index contributed by atoms with van der Waals surface area (Å²) in [5.74, 6) is 1.68. The lowest BCUT2D eigenvalue weighted by Gasteiger charge is -2.30. The van der Waals surface area contributed by atoms with Crippen LogP contribution in [-0.4, -0.2) is 48.8 Å². The van der Waals surface area contributed by atoms with Gasteiger partial charge in [0.05, 0.1) is 0 Å². The highest BCUT2D eigenvalue weighted by atomic mass is 16.5. The third kappa shape index (κ3) is 6.21. The van der Waals surface area contributed by atoms with E-state index in [1.54, 1.807) is 0 Å². The van der Waals surface area contributed by atoms with Crippen LogP contribution in [0.25, 0.3) is 0 Å². The zero-order chi connectivity index (χ0) is 13.4. The van der Waals surface area contributed by atoms with Gasteiger partial charge in [-0.3, -0.25) is 0 Å². The number of nitrogens with zero attached hydrogens (tertiary/aromatic N) is 2. The Morgan fingerprint density at radius 2 is 2.11 bits per heavy atom. The van der Waals surface area contributed by atoms with Gasteiger partial charge in [-0.2, -0.15) is 0 Å². The van der Waals surface area contributed by atoms with E-state index < -0.39 is 0 Å². The van der Waals surface area contributed by atoms with Gasteiger partial charge in [-0.15, -0.1) is 0 Å². The van der Waals surface area contributed by atoms with Crippen LogP contribution in [0.15, 0.2) is 5.16 Å². The highest BCUT2D eigenvalue weighted by Gasteiger charge is 2.18. The molecule has 1 aliphatic rings. The van der Waals surface area contributed by atoms with Crippen LogP contribution < -0.4 is 5.73 Å². The van der Waals surface area contributed by atoms with Crippen molar-refractivity contribution in [2.75, 3.05) is 32.8 Å². The number of nitrogens with two attached hydrogens (primary N) is 1. The van der Waals surface area contributed by atoms with Crippen LogP contribution in [0.4, 0.5) is 0 Å². The first-order chi connectivity index (χ1) is 8.61. The Balaban J connectivity index is 2.38. The number of amidine groups is 1. The summed E-state index contributed by atoms with van der Waals surface area (Å²) in [4.78, 5) is 2.43. The van der Waals surface area contributed by atoms with Gasteiger partial charge in [-0.25, -0.2) is 0 Å². The second kappa shape index (κ2) is 8.32. The molecule has 5 heteroatoms. The summed E-state index contributed by atoms with van der Waals surface area (Å²) in [7, 11) is 0. The van der Waals surface area contributed by atoms with Crippen molar-refractivity contribution in [3.63, 3.8) is 0 Å². The van der Waals surface area contributed by atoms with Crippen LogP contribution in [-0.2, 0) is 4.74 Å². The van der Waals surface area contributed by atoms with Crippen LogP contribution in [0, 0.1) is 11.8 Å². The molecule has 1 rings (SSSR count).